The van der Waals surface area contributed by atoms with Crippen LogP contribution in [0.15, 0.2) is 18.2 Å². The molecule has 31 heavy (non-hydrogen) atoms. The molecule has 3 atom stereocenters. The van der Waals surface area contributed by atoms with Crippen molar-refractivity contribution in [3.8, 4) is 0 Å². The van der Waals surface area contributed by atoms with Crippen molar-refractivity contribution in [3.63, 3.8) is 0 Å². The second-order valence-corrected chi connectivity index (χ2v) is 9.47. The average Bonchev–Trinajstić information content (AvgIpc) is 3.44. The van der Waals surface area contributed by atoms with Gasteiger partial charge in [0.15, 0.2) is 0 Å². The molecule has 1 aliphatic carbocycles. The van der Waals surface area contributed by atoms with E-state index in [2.05, 4.69) is 5.32 Å². The number of piperidine rings is 1. The Labute approximate surface area is 184 Å². The molecule has 9 heteroatoms. The molecular weight excluding hydrogens is 433 g/mol. The van der Waals surface area contributed by atoms with Gasteiger partial charge in [-0.15, -0.1) is 0 Å². The number of halogens is 4. The molecule has 0 bridgehead atoms. The molecule has 3 rings (SSSR count). The van der Waals surface area contributed by atoms with E-state index >= 15 is 0 Å². The highest BCUT2D eigenvalue weighted by atomic mass is 35.5. The Kier molecular flexibility index (Phi) is 6.91. The van der Waals surface area contributed by atoms with Crippen LogP contribution in [0.4, 0.5) is 18.9 Å². The maximum absolute atomic E-state index is 13.6. The highest BCUT2D eigenvalue weighted by molar-refractivity contribution is 6.33. The molecule has 2 N–H and O–H groups in total. The molecule has 1 amide bonds. The number of anilines is 1. The molecular formula is C22H28ClF3N2O3. The highest BCUT2D eigenvalue weighted by Gasteiger charge is 2.50. The van der Waals surface area contributed by atoms with Gasteiger partial charge in [-0.2, -0.15) is 13.2 Å². The maximum Gasteiger partial charge on any atom is 0.393 e. The number of carboxylic acids is 1. The molecule has 1 saturated carbocycles. The van der Waals surface area contributed by atoms with Crippen LogP contribution < -0.4 is 5.32 Å². The third-order valence-electron chi connectivity index (χ3n) is 6.72. The standard InChI is InChI=1S/C22H28ClF3N2O3/c1-13(20(30)31)11-15-3-4-16(23)17(12-15)27-19(29)18(14(2)22(24,25)26)28-9-7-21(5-6-21)8-10-28/h3-4,12-14,18H,5-11H2,1-2H3,(H,27,29)(H,30,31)/t13-,14?,18?/m0/s1. The first-order valence-corrected chi connectivity index (χ1v) is 10.9. The monoisotopic (exact) mass is 460 g/mol. The van der Waals surface area contributed by atoms with Crippen molar-refractivity contribution in [2.45, 2.75) is 58.2 Å². The number of amides is 1. The first kappa shape index (κ1) is 23.9. The van der Waals surface area contributed by atoms with Crippen LogP contribution in [0.25, 0.3) is 0 Å². The molecule has 5 nitrogen and oxygen atoms in total. The molecule has 1 aromatic rings. The van der Waals surface area contributed by atoms with Crippen molar-refractivity contribution >= 4 is 29.2 Å². The summed E-state index contributed by atoms with van der Waals surface area (Å²) in [6, 6.07) is 3.34. The topological polar surface area (TPSA) is 69.6 Å². The zero-order valence-corrected chi connectivity index (χ0v) is 18.4. The Hall–Kier alpha value is -1.80. The first-order chi connectivity index (χ1) is 14.4. The van der Waals surface area contributed by atoms with Gasteiger partial charge < -0.3 is 10.4 Å². The highest BCUT2D eigenvalue weighted by Crippen LogP contribution is 2.54. The van der Waals surface area contributed by atoms with Crippen molar-refractivity contribution in [1.82, 2.24) is 4.90 Å². The van der Waals surface area contributed by atoms with Crippen molar-refractivity contribution < 1.29 is 27.9 Å². The molecule has 0 aromatic heterocycles. The van der Waals surface area contributed by atoms with E-state index in [0.29, 0.717) is 18.7 Å². The van der Waals surface area contributed by atoms with Crippen molar-refractivity contribution in [2.75, 3.05) is 18.4 Å². The Bertz CT molecular complexity index is 832. The number of hydrogen-bond donors (Lipinski definition) is 2. The summed E-state index contributed by atoms with van der Waals surface area (Å²) in [6.45, 7) is 3.52. The van der Waals surface area contributed by atoms with E-state index in [1.54, 1.807) is 17.9 Å². The van der Waals surface area contributed by atoms with Gasteiger partial charge in [-0.1, -0.05) is 31.5 Å². The lowest BCUT2D eigenvalue weighted by Crippen LogP contribution is -2.54. The SMILES string of the molecule is CC(C(C(=O)Nc1cc(C[C@H](C)C(=O)O)ccc1Cl)N1CCC2(CC1)CC2)C(F)(F)F. The number of aliphatic carboxylic acids is 1. The summed E-state index contributed by atoms with van der Waals surface area (Å²) in [7, 11) is 0. The number of carboxylic acid groups (broad SMARTS) is 1. The molecule has 2 fully saturated rings. The molecule has 1 aromatic carbocycles. The van der Waals surface area contributed by atoms with Crippen LogP contribution in [0.3, 0.4) is 0 Å². The summed E-state index contributed by atoms with van der Waals surface area (Å²) in [5, 5.41) is 11.9. The van der Waals surface area contributed by atoms with E-state index in [4.69, 9.17) is 16.7 Å². The number of rotatable bonds is 7. The summed E-state index contributed by atoms with van der Waals surface area (Å²) < 4.78 is 40.8. The van der Waals surface area contributed by atoms with E-state index in [1.165, 1.54) is 12.1 Å². The zero-order valence-electron chi connectivity index (χ0n) is 17.6. The Morgan fingerprint density at radius 1 is 1.19 bits per heavy atom. The van der Waals surface area contributed by atoms with Gasteiger partial charge in [0, 0.05) is 0 Å². The average molecular weight is 461 g/mol. The van der Waals surface area contributed by atoms with Gasteiger partial charge in [0.25, 0.3) is 0 Å². The van der Waals surface area contributed by atoms with Crippen LogP contribution in [-0.2, 0) is 16.0 Å². The summed E-state index contributed by atoms with van der Waals surface area (Å²) in [5.41, 5.74) is 1.10. The lowest BCUT2D eigenvalue weighted by Gasteiger charge is -2.40. The lowest BCUT2D eigenvalue weighted by atomic mass is 9.90. The number of carbonyl (C=O) groups is 2. The predicted octanol–water partition coefficient (Wildman–Crippen LogP) is 4.98. The number of benzene rings is 1. The quantitative estimate of drug-likeness (QED) is 0.601. The molecule has 2 aliphatic rings. The van der Waals surface area contributed by atoms with Gasteiger partial charge >= 0.3 is 12.1 Å². The van der Waals surface area contributed by atoms with Crippen LogP contribution >= 0.6 is 11.6 Å². The van der Waals surface area contributed by atoms with Gasteiger partial charge in [-0.3, -0.25) is 14.5 Å². The second kappa shape index (κ2) is 8.98. The molecule has 172 valence electrons. The smallest absolute Gasteiger partial charge is 0.393 e. The number of nitrogens with zero attached hydrogens (tertiary/aromatic N) is 1. The van der Waals surface area contributed by atoms with Crippen LogP contribution in [0, 0.1) is 17.3 Å². The number of carbonyl (C=O) groups excluding carboxylic acids is 1. The van der Waals surface area contributed by atoms with Gasteiger partial charge in [-0.05, 0) is 68.3 Å². The van der Waals surface area contributed by atoms with E-state index in [0.717, 1.165) is 32.6 Å². The Morgan fingerprint density at radius 3 is 2.32 bits per heavy atom. The van der Waals surface area contributed by atoms with Crippen molar-refractivity contribution in [1.29, 1.82) is 0 Å². The third-order valence-corrected chi connectivity index (χ3v) is 7.05. The fraction of sp³-hybridized carbons (Fsp3) is 0.636. The van der Waals surface area contributed by atoms with E-state index in [9.17, 15) is 22.8 Å². The molecule has 1 saturated heterocycles. The molecule has 1 heterocycles. The predicted molar refractivity (Wildman–Crippen MR) is 112 cm³/mol. The van der Waals surface area contributed by atoms with Crippen LogP contribution in [-0.4, -0.2) is 47.2 Å². The van der Waals surface area contributed by atoms with E-state index in [-0.39, 0.29) is 22.5 Å². The van der Waals surface area contributed by atoms with Gasteiger partial charge in [0.1, 0.15) is 6.04 Å². The fourth-order valence-electron chi connectivity index (χ4n) is 4.28. The van der Waals surface area contributed by atoms with Crippen molar-refractivity contribution in [3.05, 3.63) is 28.8 Å². The van der Waals surface area contributed by atoms with E-state index in [1.807, 2.05) is 0 Å². The van der Waals surface area contributed by atoms with Crippen molar-refractivity contribution in [2.24, 2.45) is 17.3 Å². The van der Waals surface area contributed by atoms with Crippen LogP contribution in [0.5, 0.6) is 0 Å². The zero-order chi connectivity index (χ0) is 23.0. The summed E-state index contributed by atoms with van der Waals surface area (Å²) in [5.74, 6) is -4.19. The van der Waals surface area contributed by atoms with Crippen LogP contribution in [0.2, 0.25) is 5.02 Å². The van der Waals surface area contributed by atoms with Gasteiger partial charge in [-0.25, -0.2) is 0 Å². The normalized spacial score (nSPS) is 21.4. The summed E-state index contributed by atoms with van der Waals surface area (Å²) >= 11 is 6.18. The molecule has 0 radical (unpaired) electrons. The Morgan fingerprint density at radius 2 is 1.81 bits per heavy atom. The second-order valence-electron chi connectivity index (χ2n) is 9.06. The van der Waals surface area contributed by atoms with Gasteiger partial charge in [0.05, 0.1) is 22.5 Å². The largest absolute Gasteiger partial charge is 0.481 e. The summed E-state index contributed by atoms with van der Waals surface area (Å²) in [6.07, 6.45) is -0.450. The minimum atomic E-state index is -4.51. The molecule has 2 unspecified atom stereocenters. The molecule has 1 aliphatic heterocycles. The van der Waals surface area contributed by atoms with Crippen LogP contribution in [0.1, 0.15) is 45.1 Å². The van der Waals surface area contributed by atoms with Gasteiger partial charge in [0.2, 0.25) is 5.91 Å². The lowest BCUT2D eigenvalue weighted by molar-refractivity contribution is -0.189. The number of alkyl halides is 3. The minimum Gasteiger partial charge on any atom is -0.481 e. The number of hydrogen-bond acceptors (Lipinski definition) is 3. The fourth-order valence-corrected chi connectivity index (χ4v) is 4.45. The molecule has 1 spiro atoms. The summed E-state index contributed by atoms with van der Waals surface area (Å²) in [4.78, 5) is 25.8. The van der Waals surface area contributed by atoms with E-state index < -0.39 is 35.9 Å². The number of nitrogens with one attached hydrogen (secondary N) is 1. The number of likely N-dealkylation sites (tertiary alicyclic amines) is 1. The maximum atomic E-state index is 13.6. The third kappa shape index (κ3) is 5.71. The Balaban J connectivity index is 1.79. The first-order valence-electron chi connectivity index (χ1n) is 10.5. The minimum absolute atomic E-state index is 0.189.